The van der Waals surface area contributed by atoms with Crippen molar-refractivity contribution >= 4 is 23.9 Å². The van der Waals surface area contributed by atoms with Crippen LogP contribution in [-0.4, -0.2) is 31.8 Å². The highest BCUT2D eigenvalue weighted by Gasteiger charge is 2.16. The fourth-order valence-corrected chi connectivity index (χ4v) is 0.916. The number of nitro groups is 1. The molecular weight excluding hydrogens is 260 g/mol. The molecule has 0 bridgehead atoms. The first-order valence-electron chi connectivity index (χ1n) is 4.63. The normalized spacial score (nSPS) is 9.58. The van der Waals surface area contributed by atoms with Gasteiger partial charge in [-0.2, -0.15) is 4.68 Å². The predicted octanol–water partition coefficient (Wildman–Crippen LogP) is -1.05. The van der Waals surface area contributed by atoms with Crippen molar-refractivity contribution in [1.29, 1.82) is 0 Å². The lowest BCUT2D eigenvalue weighted by atomic mass is 10.3. The number of carboxylic acid groups (broad SMARTS) is 1. The molecule has 11 heteroatoms. The predicted molar refractivity (Wildman–Crippen MR) is 63.4 cm³/mol. The van der Waals surface area contributed by atoms with Gasteiger partial charge in [-0.05, 0) is 11.0 Å². The Morgan fingerprint density at radius 1 is 1.63 bits per heavy atom. The molecule has 0 saturated heterocycles. The van der Waals surface area contributed by atoms with Crippen molar-refractivity contribution in [3.05, 3.63) is 28.0 Å². The number of aromatic nitrogens is 2. The van der Waals surface area contributed by atoms with E-state index < -0.39 is 16.9 Å². The lowest BCUT2D eigenvalue weighted by Crippen LogP contribution is -2.34. The van der Waals surface area contributed by atoms with Crippen molar-refractivity contribution in [3.63, 3.8) is 0 Å². The summed E-state index contributed by atoms with van der Waals surface area (Å²) < 4.78 is 1.25. The van der Waals surface area contributed by atoms with E-state index in [1.807, 2.05) is 0 Å². The maximum atomic E-state index is 10.4. The number of hydrogen-bond donors (Lipinski definition) is 4. The highest BCUT2D eigenvalue weighted by atomic mass is 16.6. The van der Waals surface area contributed by atoms with Gasteiger partial charge in [0.2, 0.25) is 0 Å². The Bertz CT molecular complexity index is 508. The average molecular weight is 272 g/mol. The number of hydrogen-bond acceptors (Lipinski definition) is 6. The summed E-state index contributed by atoms with van der Waals surface area (Å²) in [7, 11) is 1.52. The van der Waals surface area contributed by atoms with E-state index in [4.69, 9.17) is 5.11 Å². The number of carbonyl (C=O) groups excluding carboxylic acids is 1. The van der Waals surface area contributed by atoms with Crippen molar-refractivity contribution in [2.45, 2.75) is 0 Å². The summed E-state index contributed by atoms with van der Waals surface area (Å²) in [5.41, 5.74) is 6.25. The van der Waals surface area contributed by atoms with Gasteiger partial charge in [0.15, 0.2) is 0 Å². The smallest absolute Gasteiger partial charge is 0.397 e. The van der Waals surface area contributed by atoms with Gasteiger partial charge in [-0.15, -0.1) is 0 Å². The van der Waals surface area contributed by atoms with E-state index in [9.17, 15) is 19.7 Å². The molecule has 0 spiro atoms. The van der Waals surface area contributed by atoms with E-state index in [1.54, 1.807) is 5.43 Å². The van der Waals surface area contributed by atoms with E-state index in [1.165, 1.54) is 17.9 Å². The number of aliphatic carboxylic acids is 1. The van der Waals surface area contributed by atoms with Crippen LogP contribution in [0.2, 0.25) is 0 Å². The standard InChI is InChI=1S/C7H7N3O4.CH5N3O/c1-9-4-5(2-3-6(11)12)7(8-9)10(13)14;2-1(5)4-3/h2-4H,1H3,(H,11,12);3H2,(H3,2,4,5). The summed E-state index contributed by atoms with van der Waals surface area (Å²) in [4.78, 5) is 29.3. The third-order valence-corrected chi connectivity index (χ3v) is 1.56. The van der Waals surface area contributed by atoms with Crippen LogP contribution in [0.5, 0.6) is 0 Å². The van der Waals surface area contributed by atoms with Gasteiger partial charge in [-0.3, -0.25) is 5.43 Å². The summed E-state index contributed by atoms with van der Waals surface area (Å²) in [6.07, 6.45) is 3.33. The topological polar surface area (TPSA) is 179 Å². The van der Waals surface area contributed by atoms with Crippen molar-refractivity contribution < 1.29 is 19.6 Å². The number of nitrogens with two attached hydrogens (primary N) is 2. The van der Waals surface area contributed by atoms with Crippen LogP contribution in [0, 0.1) is 10.1 Å². The number of urea groups is 1. The molecule has 0 aliphatic heterocycles. The van der Waals surface area contributed by atoms with Crippen LogP contribution in [0.25, 0.3) is 6.08 Å². The van der Waals surface area contributed by atoms with Gasteiger partial charge in [0, 0.05) is 6.08 Å². The zero-order valence-corrected chi connectivity index (χ0v) is 9.81. The number of carboxylic acids is 1. The number of primary amides is 1. The average Bonchev–Trinajstić information content (AvgIpc) is 2.68. The first-order chi connectivity index (χ1) is 8.77. The number of nitrogens with one attached hydrogen (secondary N) is 1. The Morgan fingerprint density at radius 2 is 2.16 bits per heavy atom. The third-order valence-electron chi connectivity index (χ3n) is 1.56. The summed E-state index contributed by atoms with van der Waals surface area (Å²) in [6, 6.07) is -0.718. The molecule has 19 heavy (non-hydrogen) atoms. The van der Waals surface area contributed by atoms with Crippen LogP contribution in [0.1, 0.15) is 5.56 Å². The second kappa shape index (κ2) is 7.39. The maximum absolute atomic E-state index is 10.4. The molecule has 1 aromatic rings. The molecule has 2 amide bonds. The molecule has 6 N–H and O–H groups in total. The summed E-state index contributed by atoms with van der Waals surface area (Å²) in [6.45, 7) is 0. The van der Waals surface area contributed by atoms with Crippen molar-refractivity contribution in [2.24, 2.45) is 18.6 Å². The lowest BCUT2D eigenvalue weighted by molar-refractivity contribution is -0.390. The molecule has 0 atom stereocenters. The van der Waals surface area contributed by atoms with Crippen LogP contribution in [0.15, 0.2) is 12.3 Å². The molecule has 0 unspecified atom stereocenters. The van der Waals surface area contributed by atoms with Gasteiger partial charge < -0.3 is 21.0 Å². The molecule has 0 radical (unpaired) electrons. The van der Waals surface area contributed by atoms with Crippen molar-refractivity contribution in [2.75, 3.05) is 0 Å². The van der Waals surface area contributed by atoms with Gasteiger partial charge in [0.25, 0.3) is 0 Å². The number of rotatable bonds is 3. The minimum absolute atomic E-state index is 0.167. The molecule has 0 aliphatic rings. The van der Waals surface area contributed by atoms with E-state index in [0.717, 1.165) is 12.2 Å². The molecule has 0 saturated carbocycles. The van der Waals surface area contributed by atoms with Gasteiger partial charge >= 0.3 is 17.8 Å². The fourth-order valence-electron chi connectivity index (χ4n) is 0.916. The van der Waals surface area contributed by atoms with E-state index in [-0.39, 0.29) is 11.4 Å². The Morgan fingerprint density at radius 3 is 2.53 bits per heavy atom. The lowest BCUT2D eigenvalue weighted by Gasteiger charge is -1.87. The Kier molecular flexibility index (Phi) is 6.24. The molecule has 1 aromatic heterocycles. The van der Waals surface area contributed by atoms with Crippen molar-refractivity contribution in [1.82, 2.24) is 15.2 Å². The molecule has 0 aromatic carbocycles. The zero-order chi connectivity index (χ0) is 15.0. The zero-order valence-electron chi connectivity index (χ0n) is 9.81. The first-order valence-corrected chi connectivity index (χ1v) is 4.63. The van der Waals surface area contributed by atoms with Crippen LogP contribution < -0.4 is 17.0 Å². The Balaban J connectivity index is 0.000000555. The van der Waals surface area contributed by atoms with Crippen molar-refractivity contribution in [3.8, 4) is 0 Å². The largest absolute Gasteiger partial charge is 0.478 e. The van der Waals surface area contributed by atoms with Gasteiger partial charge in [0.05, 0.1) is 23.9 Å². The second-order valence-electron chi connectivity index (χ2n) is 3.02. The summed E-state index contributed by atoms with van der Waals surface area (Å²) in [5.74, 6) is 2.93. The highest BCUT2D eigenvalue weighted by molar-refractivity contribution is 5.85. The van der Waals surface area contributed by atoms with Crippen LogP contribution in [0.4, 0.5) is 10.6 Å². The molecule has 11 nitrogen and oxygen atoms in total. The van der Waals surface area contributed by atoms with Crippen LogP contribution in [0.3, 0.4) is 0 Å². The number of nitrogens with zero attached hydrogens (tertiary/aromatic N) is 3. The molecule has 1 heterocycles. The van der Waals surface area contributed by atoms with Crippen LogP contribution in [-0.2, 0) is 11.8 Å². The maximum Gasteiger partial charge on any atom is 0.397 e. The number of carbonyl (C=O) groups is 2. The van der Waals surface area contributed by atoms with E-state index in [2.05, 4.69) is 16.7 Å². The Hall–Kier alpha value is -2.95. The second-order valence-corrected chi connectivity index (χ2v) is 3.02. The van der Waals surface area contributed by atoms with E-state index in [0.29, 0.717) is 0 Å². The minimum atomic E-state index is -1.16. The summed E-state index contributed by atoms with van der Waals surface area (Å²) in [5, 5.41) is 22.3. The van der Waals surface area contributed by atoms with Gasteiger partial charge in [0.1, 0.15) is 0 Å². The molecule has 104 valence electrons. The Labute approximate surface area is 106 Å². The monoisotopic (exact) mass is 272 g/mol. The number of aryl methyl sites for hydroxylation is 1. The van der Waals surface area contributed by atoms with E-state index >= 15 is 0 Å². The molecule has 1 rings (SSSR count). The summed E-state index contributed by atoms with van der Waals surface area (Å²) >= 11 is 0. The first kappa shape index (κ1) is 16.1. The molecule has 0 aliphatic carbocycles. The van der Waals surface area contributed by atoms with Gasteiger partial charge in [-0.1, -0.05) is 0 Å². The highest BCUT2D eigenvalue weighted by Crippen LogP contribution is 2.16. The fraction of sp³-hybridized carbons (Fsp3) is 0.125. The number of hydrazine groups is 1. The van der Waals surface area contributed by atoms with Crippen LogP contribution >= 0.6 is 0 Å². The van der Waals surface area contributed by atoms with Gasteiger partial charge in [-0.25, -0.2) is 15.4 Å². The molecular formula is C8H12N6O5. The third kappa shape index (κ3) is 6.38. The molecule has 0 fully saturated rings. The number of amides is 2. The quantitative estimate of drug-likeness (QED) is 0.178. The SMILES string of the molecule is Cn1cc(C=CC(=O)O)c([N+](=O)[O-])n1.NNC(N)=O. The minimum Gasteiger partial charge on any atom is -0.478 e.